The van der Waals surface area contributed by atoms with Gasteiger partial charge in [-0.3, -0.25) is 14.6 Å². The lowest BCUT2D eigenvalue weighted by Gasteiger charge is -2.41. The molecule has 6 heteroatoms. The Labute approximate surface area is 158 Å². The van der Waals surface area contributed by atoms with Crippen LogP contribution in [0.1, 0.15) is 23.8 Å². The number of esters is 1. The maximum Gasteiger partial charge on any atom is 0.307 e. The number of rotatable bonds is 7. The van der Waals surface area contributed by atoms with Crippen LogP contribution in [0.2, 0.25) is 0 Å². The number of halogens is 1. The van der Waals surface area contributed by atoms with Crippen molar-refractivity contribution in [3.63, 3.8) is 0 Å². The second kappa shape index (κ2) is 9.26. The lowest BCUT2D eigenvalue weighted by Crippen LogP contribution is -2.53. The van der Waals surface area contributed by atoms with E-state index in [9.17, 15) is 9.18 Å². The van der Waals surface area contributed by atoms with Crippen LogP contribution in [0.3, 0.4) is 0 Å². The van der Waals surface area contributed by atoms with Gasteiger partial charge < -0.3 is 4.74 Å². The predicted molar refractivity (Wildman–Crippen MR) is 101 cm³/mol. The quantitative estimate of drug-likeness (QED) is 0.692. The van der Waals surface area contributed by atoms with Crippen molar-refractivity contribution in [3.05, 3.63) is 58.0 Å². The van der Waals surface area contributed by atoms with Crippen molar-refractivity contribution < 1.29 is 13.9 Å². The highest BCUT2D eigenvalue weighted by Crippen LogP contribution is 2.20. The van der Waals surface area contributed by atoms with Crippen LogP contribution in [-0.4, -0.2) is 48.1 Å². The van der Waals surface area contributed by atoms with E-state index >= 15 is 0 Å². The van der Waals surface area contributed by atoms with Gasteiger partial charge in [0.1, 0.15) is 5.82 Å². The summed E-state index contributed by atoms with van der Waals surface area (Å²) in [5.41, 5.74) is 1.06. The molecule has 2 heterocycles. The van der Waals surface area contributed by atoms with E-state index in [1.165, 1.54) is 17.0 Å². The van der Waals surface area contributed by atoms with E-state index in [1.54, 1.807) is 11.3 Å². The lowest BCUT2D eigenvalue weighted by atomic mass is 10.1. The van der Waals surface area contributed by atoms with Gasteiger partial charge in [-0.2, -0.15) is 0 Å². The highest BCUT2D eigenvalue weighted by molar-refractivity contribution is 7.09. The number of carbonyl (C=O) groups is 1. The molecule has 2 aromatic rings. The summed E-state index contributed by atoms with van der Waals surface area (Å²) in [4.78, 5) is 18.1. The zero-order chi connectivity index (χ0) is 18.4. The Hall–Kier alpha value is -1.76. The van der Waals surface area contributed by atoms with Crippen LogP contribution in [0.15, 0.2) is 41.8 Å². The lowest BCUT2D eigenvalue weighted by molar-refractivity contribution is -0.145. The van der Waals surface area contributed by atoms with Crippen molar-refractivity contribution in [2.75, 3.05) is 26.2 Å². The largest absolute Gasteiger partial charge is 0.466 e. The van der Waals surface area contributed by atoms with Crippen molar-refractivity contribution in [2.45, 2.75) is 32.5 Å². The molecule has 1 unspecified atom stereocenters. The fourth-order valence-corrected chi connectivity index (χ4v) is 4.11. The summed E-state index contributed by atoms with van der Waals surface area (Å²) >= 11 is 1.76. The number of ether oxygens (including phenoxy) is 1. The molecule has 1 aliphatic rings. The minimum Gasteiger partial charge on any atom is -0.466 e. The number of piperazine rings is 1. The van der Waals surface area contributed by atoms with Crippen LogP contribution in [0.4, 0.5) is 4.39 Å². The molecule has 1 aromatic heterocycles. The van der Waals surface area contributed by atoms with Gasteiger partial charge in [0.25, 0.3) is 0 Å². The van der Waals surface area contributed by atoms with E-state index in [2.05, 4.69) is 27.3 Å². The fraction of sp³-hybridized carbons (Fsp3) is 0.450. The topological polar surface area (TPSA) is 32.8 Å². The van der Waals surface area contributed by atoms with Crippen molar-refractivity contribution in [3.8, 4) is 0 Å². The van der Waals surface area contributed by atoms with Crippen molar-refractivity contribution in [1.82, 2.24) is 9.80 Å². The first-order valence-corrected chi connectivity index (χ1v) is 9.91. The highest BCUT2D eigenvalue weighted by atomic mass is 32.1. The Bertz CT molecular complexity index is 690. The maximum atomic E-state index is 13.1. The second-order valence-electron chi connectivity index (χ2n) is 6.57. The molecule has 0 spiro atoms. The third-order valence-electron chi connectivity index (χ3n) is 4.65. The standard InChI is InChI=1S/C20H25FN2O2S/c1-2-25-20(24)12-18-14-22(15-19-4-3-11-26-19)9-10-23(18)13-16-5-7-17(21)8-6-16/h3-8,11,18H,2,9-10,12-15H2,1H3. The van der Waals surface area contributed by atoms with Gasteiger partial charge in [0.05, 0.1) is 13.0 Å². The third kappa shape index (κ3) is 5.37. The molecule has 1 atom stereocenters. The second-order valence-corrected chi connectivity index (χ2v) is 7.61. The Balaban J connectivity index is 1.66. The maximum absolute atomic E-state index is 13.1. The monoisotopic (exact) mass is 376 g/mol. The van der Waals surface area contributed by atoms with Gasteiger partial charge in [-0.1, -0.05) is 18.2 Å². The Morgan fingerprint density at radius 2 is 2.04 bits per heavy atom. The zero-order valence-corrected chi connectivity index (χ0v) is 15.9. The number of carbonyl (C=O) groups excluding carboxylic acids is 1. The van der Waals surface area contributed by atoms with Gasteiger partial charge >= 0.3 is 5.97 Å². The molecule has 0 bridgehead atoms. The van der Waals surface area contributed by atoms with Crippen LogP contribution in [0.25, 0.3) is 0 Å². The molecular formula is C20H25FN2O2S. The minimum atomic E-state index is -0.224. The Morgan fingerprint density at radius 3 is 2.73 bits per heavy atom. The van der Waals surface area contributed by atoms with Crippen LogP contribution < -0.4 is 0 Å². The van der Waals surface area contributed by atoms with Crippen molar-refractivity contribution in [1.29, 1.82) is 0 Å². The van der Waals surface area contributed by atoms with E-state index in [0.29, 0.717) is 13.0 Å². The fourth-order valence-electron chi connectivity index (χ4n) is 3.36. The van der Waals surface area contributed by atoms with E-state index in [-0.39, 0.29) is 17.8 Å². The van der Waals surface area contributed by atoms with Crippen molar-refractivity contribution >= 4 is 17.3 Å². The van der Waals surface area contributed by atoms with Crippen LogP contribution >= 0.6 is 11.3 Å². The van der Waals surface area contributed by atoms with Crippen LogP contribution in [0, 0.1) is 5.82 Å². The van der Waals surface area contributed by atoms with Gasteiger partial charge in [0.2, 0.25) is 0 Å². The smallest absolute Gasteiger partial charge is 0.307 e. The molecule has 0 saturated carbocycles. The third-order valence-corrected chi connectivity index (χ3v) is 5.52. The number of hydrogen-bond donors (Lipinski definition) is 0. The molecule has 1 aliphatic heterocycles. The molecule has 0 radical (unpaired) electrons. The van der Waals surface area contributed by atoms with Gasteiger partial charge in [-0.25, -0.2) is 4.39 Å². The molecule has 0 N–H and O–H groups in total. The van der Waals surface area contributed by atoms with Crippen molar-refractivity contribution in [2.24, 2.45) is 0 Å². The summed E-state index contributed by atoms with van der Waals surface area (Å²) in [7, 11) is 0. The summed E-state index contributed by atoms with van der Waals surface area (Å²) in [5, 5.41) is 2.09. The molecule has 3 rings (SSSR count). The Morgan fingerprint density at radius 1 is 1.23 bits per heavy atom. The Kier molecular flexibility index (Phi) is 6.77. The van der Waals surface area contributed by atoms with E-state index in [0.717, 1.165) is 38.3 Å². The van der Waals surface area contributed by atoms with Gasteiger partial charge in [0.15, 0.2) is 0 Å². The molecule has 1 saturated heterocycles. The zero-order valence-electron chi connectivity index (χ0n) is 15.1. The van der Waals surface area contributed by atoms with Crippen LogP contribution in [-0.2, 0) is 22.6 Å². The molecule has 1 fully saturated rings. The molecule has 140 valence electrons. The summed E-state index contributed by atoms with van der Waals surface area (Å²) in [5.74, 6) is -0.378. The van der Waals surface area contributed by atoms with Gasteiger partial charge in [-0.05, 0) is 36.1 Å². The molecule has 1 aromatic carbocycles. The molecular weight excluding hydrogens is 351 g/mol. The summed E-state index contributed by atoms with van der Waals surface area (Å²) in [6, 6.07) is 10.9. The van der Waals surface area contributed by atoms with Crippen LogP contribution in [0.5, 0.6) is 0 Å². The minimum absolute atomic E-state index is 0.104. The normalized spacial score (nSPS) is 18.8. The predicted octanol–water partition coefficient (Wildman–Crippen LogP) is 3.53. The highest BCUT2D eigenvalue weighted by Gasteiger charge is 2.29. The van der Waals surface area contributed by atoms with E-state index in [4.69, 9.17) is 4.74 Å². The average molecular weight is 376 g/mol. The van der Waals surface area contributed by atoms with E-state index in [1.807, 2.05) is 19.1 Å². The average Bonchev–Trinajstić information content (AvgIpc) is 3.12. The first-order valence-electron chi connectivity index (χ1n) is 9.03. The summed E-state index contributed by atoms with van der Waals surface area (Å²) < 4.78 is 18.3. The van der Waals surface area contributed by atoms with Gasteiger partial charge in [0, 0.05) is 43.6 Å². The molecule has 0 aliphatic carbocycles. The number of hydrogen-bond acceptors (Lipinski definition) is 5. The summed E-state index contributed by atoms with van der Waals surface area (Å²) in [6.45, 7) is 6.54. The van der Waals surface area contributed by atoms with E-state index < -0.39 is 0 Å². The number of benzene rings is 1. The number of nitrogens with zero attached hydrogens (tertiary/aromatic N) is 2. The first kappa shape index (κ1) is 19.0. The first-order chi connectivity index (χ1) is 12.6. The molecule has 0 amide bonds. The summed E-state index contributed by atoms with van der Waals surface area (Å²) in [6.07, 6.45) is 0.385. The molecule has 4 nitrogen and oxygen atoms in total. The SMILES string of the molecule is CCOC(=O)CC1CN(Cc2cccs2)CCN1Cc1ccc(F)cc1. The molecule has 26 heavy (non-hydrogen) atoms. The number of thiophene rings is 1. The van der Waals surface area contributed by atoms with Gasteiger partial charge in [-0.15, -0.1) is 11.3 Å².